The molecule has 0 aliphatic carbocycles. The van der Waals surface area contributed by atoms with Crippen molar-refractivity contribution in [3.05, 3.63) is 23.5 Å². The van der Waals surface area contributed by atoms with Gasteiger partial charge >= 0.3 is 0 Å². The number of aryl methyl sites for hydroxylation is 1. The Morgan fingerprint density at radius 1 is 1.59 bits per heavy atom. The number of aliphatic hydroxyl groups excluding tert-OH is 1. The number of aliphatic hydroxyl groups is 1. The molecule has 0 spiro atoms. The van der Waals surface area contributed by atoms with E-state index in [-0.39, 0.29) is 18.3 Å². The van der Waals surface area contributed by atoms with Crippen LogP contribution in [0.4, 0.5) is 15.8 Å². The van der Waals surface area contributed by atoms with E-state index in [9.17, 15) is 14.3 Å². The van der Waals surface area contributed by atoms with Crippen LogP contribution in [0.3, 0.4) is 0 Å². The fraction of sp³-hybridized carbons (Fsp3) is 0.417. The number of amides is 1. The molecule has 1 atom stereocenters. The smallest absolute Gasteiger partial charge is 0.243 e. The van der Waals surface area contributed by atoms with Crippen LogP contribution in [0.25, 0.3) is 0 Å². The summed E-state index contributed by atoms with van der Waals surface area (Å²) in [6, 6.07) is 3.00. The molecule has 2 N–H and O–H groups in total. The number of nitrogens with one attached hydrogen (secondary N) is 1. The normalized spacial score (nSPS) is 16.5. The zero-order chi connectivity index (χ0) is 12.6. The first kappa shape index (κ1) is 11.9. The van der Waals surface area contributed by atoms with Gasteiger partial charge in [0.1, 0.15) is 5.82 Å². The molecule has 2 rings (SSSR count). The SMILES string of the molecule is Cc1cc2c(cc1F)N(CC(C)O)CC(=O)N2. The number of benzene rings is 1. The van der Waals surface area contributed by atoms with E-state index in [0.29, 0.717) is 23.5 Å². The van der Waals surface area contributed by atoms with E-state index < -0.39 is 6.10 Å². The van der Waals surface area contributed by atoms with E-state index in [4.69, 9.17) is 0 Å². The van der Waals surface area contributed by atoms with Gasteiger partial charge < -0.3 is 15.3 Å². The first-order valence-electron chi connectivity index (χ1n) is 5.50. The molecule has 0 aromatic heterocycles. The second-order valence-corrected chi connectivity index (χ2v) is 4.40. The molecule has 1 aliphatic rings. The summed E-state index contributed by atoms with van der Waals surface area (Å²) in [7, 11) is 0. The average molecular weight is 238 g/mol. The predicted molar refractivity (Wildman–Crippen MR) is 63.7 cm³/mol. The molecule has 0 bridgehead atoms. The largest absolute Gasteiger partial charge is 0.392 e. The van der Waals surface area contributed by atoms with E-state index in [2.05, 4.69) is 5.32 Å². The second-order valence-electron chi connectivity index (χ2n) is 4.40. The van der Waals surface area contributed by atoms with Gasteiger partial charge in [-0.1, -0.05) is 0 Å². The van der Waals surface area contributed by atoms with Gasteiger partial charge in [0.15, 0.2) is 0 Å². The molecular weight excluding hydrogens is 223 g/mol. The number of hydrogen-bond donors (Lipinski definition) is 2. The summed E-state index contributed by atoms with van der Waals surface area (Å²) in [5.41, 5.74) is 1.71. The number of carbonyl (C=O) groups excluding carboxylic acids is 1. The standard InChI is InChI=1S/C12H15FN2O2/c1-7-3-10-11(4-9(7)13)15(5-8(2)16)6-12(17)14-10/h3-4,8,16H,5-6H2,1-2H3,(H,14,17). The number of carbonyl (C=O) groups is 1. The van der Waals surface area contributed by atoms with Crippen molar-refractivity contribution in [3.8, 4) is 0 Å². The summed E-state index contributed by atoms with van der Waals surface area (Å²) in [6.07, 6.45) is -0.571. The van der Waals surface area contributed by atoms with Gasteiger partial charge in [-0.3, -0.25) is 4.79 Å². The molecule has 4 nitrogen and oxygen atoms in total. The van der Waals surface area contributed by atoms with Crippen LogP contribution in [0.1, 0.15) is 12.5 Å². The third-order valence-electron chi connectivity index (χ3n) is 2.71. The fourth-order valence-corrected chi connectivity index (χ4v) is 1.96. The quantitative estimate of drug-likeness (QED) is 0.816. The molecular formula is C12H15FN2O2. The number of anilines is 2. The molecule has 1 aromatic rings. The van der Waals surface area contributed by atoms with Crippen LogP contribution in [0, 0.1) is 12.7 Å². The number of rotatable bonds is 2. The lowest BCUT2D eigenvalue weighted by molar-refractivity contribution is -0.115. The predicted octanol–water partition coefficient (Wildman–Crippen LogP) is 1.27. The summed E-state index contributed by atoms with van der Waals surface area (Å²) < 4.78 is 13.5. The lowest BCUT2D eigenvalue weighted by Crippen LogP contribution is -2.41. The maximum atomic E-state index is 13.5. The Morgan fingerprint density at radius 2 is 2.29 bits per heavy atom. The summed E-state index contributed by atoms with van der Waals surface area (Å²) >= 11 is 0. The van der Waals surface area contributed by atoms with Crippen molar-refractivity contribution >= 4 is 17.3 Å². The number of halogens is 1. The third-order valence-corrected chi connectivity index (χ3v) is 2.71. The average Bonchev–Trinajstić information content (AvgIpc) is 2.20. The van der Waals surface area contributed by atoms with Crippen molar-refractivity contribution in [1.29, 1.82) is 0 Å². The molecule has 0 saturated carbocycles. The van der Waals surface area contributed by atoms with Gasteiger partial charge in [0.25, 0.3) is 0 Å². The van der Waals surface area contributed by atoms with Crippen LogP contribution in [0.15, 0.2) is 12.1 Å². The highest BCUT2D eigenvalue weighted by Crippen LogP contribution is 2.31. The van der Waals surface area contributed by atoms with E-state index in [1.165, 1.54) is 6.07 Å². The van der Waals surface area contributed by atoms with Crippen LogP contribution < -0.4 is 10.2 Å². The zero-order valence-corrected chi connectivity index (χ0v) is 9.83. The molecule has 1 aromatic carbocycles. The topological polar surface area (TPSA) is 52.6 Å². The molecule has 0 radical (unpaired) electrons. The maximum Gasteiger partial charge on any atom is 0.243 e. The minimum Gasteiger partial charge on any atom is -0.392 e. The molecule has 1 amide bonds. The Bertz CT molecular complexity index is 460. The summed E-state index contributed by atoms with van der Waals surface area (Å²) in [5.74, 6) is -0.459. The molecule has 92 valence electrons. The monoisotopic (exact) mass is 238 g/mol. The first-order valence-corrected chi connectivity index (χ1v) is 5.50. The molecule has 5 heteroatoms. The van der Waals surface area contributed by atoms with Crippen molar-refractivity contribution < 1.29 is 14.3 Å². The Labute approximate surface area is 99.0 Å². The van der Waals surface area contributed by atoms with Crippen molar-refractivity contribution in [2.24, 2.45) is 0 Å². The van der Waals surface area contributed by atoms with Crippen molar-refractivity contribution in [2.45, 2.75) is 20.0 Å². The number of hydrogen-bond acceptors (Lipinski definition) is 3. The Hall–Kier alpha value is -1.62. The summed E-state index contributed by atoms with van der Waals surface area (Å²) in [4.78, 5) is 13.2. The van der Waals surface area contributed by atoms with Gasteiger partial charge in [0.2, 0.25) is 5.91 Å². The van der Waals surface area contributed by atoms with Gasteiger partial charge in [-0.05, 0) is 31.5 Å². The maximum absolute atomic E-state index is 13.5. The third kappa shape index (κ3) is 2.39. The zero-order valence-electron chi connectivity index (χ0n) is 9.83. The van der Waals surface area contributed by atoms with Crippen molar-refractivity contribution in [2.75, 3.05) is 23.3 Å². The van der Waals surface area contributed by atoms with Gasteiger partial charge in [-0.25, -0.2) is 4.39 Å². The second kappa shape index (κ2) is 4.33. The van der Waals surface area contributed by atoms with Crippen LogP contribution >= 0.6 is 0 Å². The lowest BCUT2D eigenvalue weighted by atomic mass is 10.1. The van der Waals surface area contributed by atoms with E-state index in [1.54, 1.807) is 24.8 Å². The molecule has 1 unspecified atom stereocenters. The Balaban J connectivity index is 2.41. The Kier molecular flexibility index (Phi) is 3.02. The highest BCUT2D eigenvalue weighted by Gasteiger charge is 2.23. The van der Waals surface area contributed by atoms with Gasteiger partial charge in [-0.15, -0.1) is 0 Å². The number of nitrogens with zero attached hydrogens (tertiary/aromatic N) is 1. The van der Waals surface area contributed by atoms with Crippen molar-refractivity contribution in [1.82, 2.24) is 0 Å². The molecule has 0 fully saturated rings. The van der Waals surface area contributed by atoms with Gasteiger partial charge in [-0.2, -0.15) is 0 Å². The van der Waals surface area contributed by atoms with E-state index >= 15 is 0 Å². The summed E-state index contributed by atoms with van der Waals surface area (Å²) in [5, 5.41) is 12.1. The van der Waals surface area contributed by atoms with Crippen LogP contribution in [0.2, 0.25) is 0 Å². The molecule has 0 saturated heterocycles. The first-order chi connectivity index (χ1) is 7.97. The number of β-amino-alcohol motifs (C(OH)–C–C–N with tert-alkyl or cyclic N) is 1. The van der Waals surface area contributed by atoms with E-state index in [0.717, 1.165) is 0 Å². The highest BCUT2D eigenvalue weighted by atomic mass is 19.1. The highest BCUT2D eigenvalue weighted by molar-refractivity contribution is 6.01. The van der Waals surface area contributed by atoms with Crippen LogP contribution in [-0.4, -0.2) is 30.2 Å². The minimum absolute atomic E-state index is 0.139. The molecule has 1 heterocycles. The minimum atomic E-state index is -0.571. The van der Waals surface area contributed by atoms with Crippen LogP contribution in [0.5, 0.6) is 0 Å². The fourth-order valence-electron chi connectivity index (χ4n) is 1.96. The van der Waals surface area contributed by atoms with E-state index in [1.807, 2.05) is 0 Å². The molecule has 17 heavy (non-hydrogen) atoms. The van der Waals surface area contributed by atoms with Crippen LogP contribution in [-0.2, 0) is 4.79 Å². The van der Waals surface area contributed by atoms with Gasteiger partial charge in [0, 0.05) is 6.54 Å². The summed E-state index contributed by atoms with van der Waals surface area (Å²) in [6.45, 7) is 3.73. The number of fused-ring (bicyclic) bond motifs is 1. The molecule has 1 aliphatic heterocycles. The Morgan fingerprint density at radius 3 is 2.94 bits per heavy atom. The van der Waals surface area contributed by atoms with Gasteiger partial charge in [0.05, 0.1) is 24.0 Å². The lowest BCUT2D eigenvalue weighted by Gasteiger charge is -2.32. The van der Waals surface area contributed by atoms with Crippen molar-refractivity contribution in [3.63, 3.8) is 0 Å².